The minimum absolute atomic E-state index is 0.173. The van der Waals surface area contributed by atoms with Gasteiger partial charge in [-0.05, 0) is 46.5 Å². The minimum atomic E-state index is -2.61. The number of rotatable bonds is 2. The Hall–Kier alpha value is -1.40. The van der Waals surface area contributed by atoms with E-state index in [0.717, 1.165) is 6.42 Å². The van der Waals surface area contributed by atoms with Gasteiger partial charge in [0.15, 0.2) is 0 Å². The predicted octanol–water partition coefficient (Wildman–Crippen LogP) is 3.42. The van der Waals surface area contributed by atoms with Gasteiger partial charge in [-0.1, -0.05) is 0 Å². The Balaban J connectivity index is 1.98. The van der Waals surface area contributed by atoms with E-state index in [1.54, 1.807) is 32.7 Å². The Bertz CT molecular complexity index is 481. The SMILES string of the molecule is CN(C(=O)[C@@H]1CCCN1C(=O)OC(C)(C)C)C1CCC(F)(F)CC1. The van der Waals surface area contributed by atoms with Crippen molar-refractivity contribution in [2.75, 3.05) is 13.6 Å². The Morgan fingerprint density at radius 3 is 2.29 bits per heavy atom. The second-order valence-electron chi connectivity index (χ2n) is 7.87. The molecule has 0 aromatic carbocycles. The molecule has 5 nitrogen and oxygen atoms in total. The predicted molar refractivity (Wildman–Crippen MR) is 85.9 cm³/mol. The molecule has 138 valence electrons. The van der Waals surface area contributed by atoms with Crippen molar-refractivity contribution in [1.82, 2.24) is 9.80 Å². The summed E-state index contributed by atoms with van der Waals surface area (Å²) in [6.07, 6.45) is 1.08. The van der Waals surface area contributed by atoms with Gasteiger partial charge in [-0.2, -0.15) is 0 Å². The zero-order valence-electron chi connectivity index (χ0n) is 15.0. The third-order valence-electron chi connectivity index (χ3n) is 4.75. The highest BCUT2D eigenvalue weighted by Crippen LogP contribution is 2.35. The summed E-state index contributed by atoms with van der Waals surface area (Å²) in [6, 6.07) is -0.731. The number of nitrogens with zero attached hydrogens (tertiary/aromatic N) is 2. The molecule has 0 spiro atoms. The lowest BCUT2D eigenvalue weighted by Crippen LogP contribution is -2.51. The van der Waals surface area contributed by atoms with Crippen LogP contribution >= 0.6 is 0 Å². The van der Waals surface area contributed by atoms with Gasteiger partial charge in [-0.25, -0.2) is 13.6 Å². The lowest BCUT2D eigenvalue weighted by Gasteiger charge is -2.37. The van der Waals surface area contributed by atoms with Crippen LogP contribution in [0.5, 0.6) is 0 Å². The zero-order chi connectivity index (χ0) is 18.1. The van der Waals surface area contributed by atoms with Gasteiger partial charge < -0.3 is 9.64 Å². The van der Waals surface area contributed by atoms with Crippen molar-refractivity contribution in [3.05, 3.63) is 0 Å². The van der Waals surface area contributed by atoms with Gasteiger partial charge in [0.25, 0.3) is 0 Å². The van der Waals surface area contributed by atoms with Crippen molar-refractivity contribution < 1.29 is 23.1 Å². The molecular weight excluding hydrogens is 318 g/mol. The molecule has 0 N–H and O–H groups in total. The molecule has 0 bridgehead atoms. The molecule has 0 radical (unpaired) electrons. The summed E-state index contributed by atoms with van der Waals surface area (Å²) in [5.74, 6) is -2.79. The molecule has 2 amide bonds. The molecule has 24 heavy (non-hydrogen) atoms. The number of carbonyl (C=O) groups is 2. The van der Waals surface area contributed by atoms with Crippen LogP contribution in [0.4, 0.5) is 13.6 Å². The third kappa shape index (κ3) is 4.57. The normalized spacial score (nSPS) is 24.8. The van der Waals surface area contributed by atoms with E-state index in [1.807, 2.05) is 0 Å². The van der Waals surface area contributed by atoms with E-state index >= 15 is 0 Å². The largest absolute Gasteiger partial charge is 0.444 e. The standard InChI is InChI=1S/C17H28F2N2O3/c1-16(2,3)24-15(23)21-11-5-6-13(21)14(22)20(4)12-7-9-17(18,19)10-8-12/h12-13H,5-11H2,1-4H3/t13-/m0/s1. The molecule has 0 aromatic rings. The molecule has 1 aliphatic carbocycles. The highest BCUT2D eigenvalue weighted by molar-refractivity contribution is 5.86. The topological polar surface area (TPSA) is 49.9 Å². The van der Waals surface area contributed by atoms with Crippen molar-refractivity contribution in [1.29, 1.82) is 0 Å². The number of amides is 2. The van der Waals surface area contributed by atoms with E-state index in [0.29, 0.717) is 25.8 Å². The summed E-state index contributed by atoms with van der Waals surface area (Å²) in [5, 5.41) is 0. The van der Waals surface area contributed by atoms with Crippen LogP contribution in [0, 0.1) is 0 Å². The highest BCUT2D eigenvalue weighted by atomic mass is 19.3. The lowest BCUT2D eigenvalue weighted by molar-refractivity contribution is -0.139. The third-order valence-corrected chi connectivity index (χ3v) is 4.75. The van der Waals surface area contributed by atoms with E-state index in [9.17, 15) is 18.4 Å². The number of ether oxygens (including phenoxy) is 1. The van der Waals surface area contributed by atoms with Crippen LogP contribution < -0.4 is 0 Å². The minimum Gasteiger partial charge on any atom is -0.444 e. The molecule has 1 heterocycles. The maximum atomic E-state index is 13.3. The summed E-state index contributed by atoms with van der Waals surface area (Å²) in [7, 11) is 1.65. The fourth-order valence-electron chi connectivity index (χ4n) is 3.39. The molecule has 2 fully saturated rings. The van der Waals surface area contributed by atoms with E-state index in [-0.39, 0.29) is 24.8 Å². The Labute approximate surface area is 142 Å². The van der Waals surface area contributed by atoms with Gasteiger partial charge in [-0.3, -0.25) is 9.69 Å². The van der Waals surface area contributed by atoms with E-state index in [2.05, 4.69) is 0 Å². The first-order valence-electron chi connectivity index (χ1n) is 8.64. The van der Waals surface area contributed by atoms with Crippen molar-refractivity contribution in [3.8, 4) is 0 Å². The number of likely N-dealkylation sites (tertiary alicyclic amines) is 1. The maximum Gasteiger partial charge on any atom is 0.410 e. The number of hydrogen-bond acceptors (Lipinski definition) is 3. The van der Waals surface area contributed by atoms with Gasteiger partial charge in [-0.15, -0.1) is 0 Å². The number of likely N-dealkylation sites (N-methyl/N-ethyl adjacent to an activating group) is 1. The van der Waals surface area contributed by atoms with E-state index < -0.39 is 23.7 Å². The van der Waals surface area contributed by atoms with Gasteiger partial charge in [0.05, 0.1) is 0 Å². The first-order chi connectivity index (χ1) is 11.0. The molecule has 1 saturated carbocycles. The average Bonchev–Trinajstić information content (AvgIpc) is 2.93. The Kier molecular flexibility index (Phi) is 5.40. The molecule has 2 rings (SSSR count). The number of alkyl halides is 2. The number of carbonyl (C=O) groups excluding carboxylic acids is 2. The summed E-state index contributed by atoms with van der Waals surface area (Å²) < 4.78 is 32.0. The smallest absolute Gasteiger partial charge is 0.410 e. The van der Waals surface area contributed by atoms with Crippen LogP contribution in [-0.4, -0.2) is 59.0 Å². The Morgan fingerprint density at radius 1 is 1.17 bits per heavy atom. The van der Waals surface area contributed by atoms with Crippen molar-refractivity contribution >= 4 is 12.0 Å². The second kappa shape index (κ2) is 6.84. The first kappa shape index (κ1) is 18.9. The molecule has 0 aromatic heterocycles. The maximum absolute atomic E-state index is 13.3. The molecular formula is C17H28F2N2O3. The molecule has 0 unspecified atom stereocenters. The van der Waals surface area contributed by atoms with Gasteiger partial charge >= 0.3 is 6.09 Å². The highest BCUT2D eigenvalue weighted by Gasteiger charge is 2.42. The summed E-state index contributed by atoms with van der Waals surface area (Å²) in [6.45, 7) is 5.84. The molecule has 1 saturated heterocycles. The fraction of sp³-hybridized carbons (Fsp3) is 0.882. The van der Waals surface area contributed by atoms with Crippen molar-refractivity contribution in [2.45, 2.75) is 82.9 Å². The van der Waals surface area contributed by atoms with Crippen LogP contribution in [0.25, 0.3) is 0 Å². The second-order valence-corrected chi connectivity index (χ2v) is 7.87. The zero-order valence-corrected chi connectivity index (χ0v) is 15.0. The lowest BCUT2D eigenvalue weighted by atomic mass is 9.91. The monoisotopic (exact) mass is 346 g/mol. The van der Waals surface area contributed by atoms with E-state index in [1.165, 1.54) is 4.90 Å². The van der Waals surface area contributed by atoms with Crippen molar-refractivity contribution in [2.24, 2.45) is 0 Å². The molecule has 2 aliphatic rings. The number of halogens is 2. The van der Waals surface area contributed by atoms with Crippen LogP contribution in [0.2, 0.25) is 0 Å². The van der Waals surface area contributed by atoms with Gasteiger partial charge in [0.1, 0.15) is 11.6 Å². The summed E-state index contributed by atoms with van der Waals surface area (Å²) in [5.41, 5.74) is -0.617. The summed E-state index contributed by atoms with van der Waals surface area (Å²) in [4.78, 5) is 28.1. The van der Waals surface area contributed by atoms with Gasteiger partial charge in [0.2, 0.25) is 11.8 Å². The van der Waals surface area contributed by atoms with Crippen LogP contribution in [0.15, 0.2) is 0 Å². The van der Waals surface area contributed by atoms with Gasteiger partial charge in [0, 0.05) is 32.5 Å². The molecule has 1 aliphatic heterocycles. The first-order valence-corrected chi connectivity index (χ1v) is 8.64. The molecule has 1 atom stereocenters. The van der Waals surface area contributed by atoms with Crippen LogP contribution in [-0.2, 0) is 9.53 Å². The fourth-order valence-corrected chi connectivity index (χ4v) is 3.39. The van der Waals surface area contributed by atoms with Crippen LogP contribution in [0.1, 0.15) is 59.3 Å². The molecule has 7 heteroatoms. The van der Waals surface area contributed by atoms with Crippen LogP contribution in [0.3, 0.4) is 0 Å². The van der Waals surface area contributed by atoms with Crippen molar-refractivity contribution in [3.63, 3.8) is 0 Å². The average molecular weight is 346 g/mol. The summed E-state index contributed by atoms with van der Waals surface area (Å²) >= 11 is 0. The number of hydrogen-bond donors (Lipinski definition) is 0. The quantitative estimate of drug-likeness (QED) is 0.770. The Morgan fingerprint density at radius 2 is 1.75 bits per heavy atom. The van der Waals surface area contributed by atoms with E-state index in [4.69, 9.17) is 4.74 Å².